The van der Waals surface area contributed by atoms with Crippen molar-refractivity contribution in [2.45, 2.75) is 30.2 Å². The summed E-state index contributed by atoms with van der Waals surface area (Å²) in [5, 5.41) is 3.22. The fraction of sp³-hybridized carbons (Fsp3) is 0.273. The van der Waals surface area contributed by atoms with Crippen molar-refractivity contribution in [2.75, 3.05) is 5.75 Å². The fourth-order valence-corrected chi connectivity index (χ4v) is 4.60. The van der Waals surface area contributed by atoms with Gasteiger partial charge in [0.05, 0.1) is 0 Å². The first-order valence-electron chi connectivity index (χ1n) is 9.50. The van der Waals surface area contributed by atoms with E-state index < -0.39 is 15.6 Å². The molecule has 31 heavy (non-hydrogen) atoms. The number of thioether (sulfide) groups is 1. The van der Waals surface area contributed by atoms with E-state index in [9.17, 15) is 13.2 Å². The predicted octanol–water partition coefficient (Wildman–Crippen LogP) is 6.38. The SMILES string of the molecule is O=S(=O)(O)C(F)(F)F.c1ccc(COc2ccc(C3CCCS3)c3ccccc23)cc1. The molecule has 0 bridgehead atoms. The van der Waals surface area contributed by atoms with Gasteiger partial charge < -0.3 is 4.74 Å². The Morgan fingerprint density at radius 3 is 2.16 bits per heavy atom. The van der Waals surface area contributed by atoms with Crippen molar-refractivity contribution >= 4 is 32.7 Å². The summed E-state index contributed by atoms with van der Waals surface area (Å²) >= 11 is 2.09. The highest BCUT2D eigenvalue weighted by molar-refractivity contribution is 7.99. The molecule has 3 aromatic carbocycles. The van der Waals surface area contributed by atoms with Gasteiger partial charge >= 0.3 is 15.6 Å². The molecule has 0 saturated carbocycles. The van der Waals surface area contributed by atoms with Crippen LogP contribution in [0.3, 0.4) is 0 Å². The van der Waals surface area contributed by atoms with Crippen molar-refractivity contribution in [3.8, 4) is 5.75 Å². The van der Waals surface area contributed by atoms with Crippen molar-refractivity contribution in [3.05, 3.63) is 77.9 Å². The maximum absolute atomic E-state index is 10.7. The zero-order valence-electron chi connectivity index (χ0n) is 16.4. The molecule has 9 heteroatoms. The molecule has 3 aromatic rings. The number of benzene rings is 3. The van der Waals surface area contributed by atoms with Crippen molar-refractivity contribution in [2.24, 2.45) is 0 Å². The first kappa shape index (κ1) is 23.4. The third kappa shape index (κ3) is 6.15. The highest BCUT2D eigenvalue weighted by atomic mass is 32.2. The lowest BCUT2D eigenvalue weighted by molar-refractivity contribution is -0.0510. The van der Waals surface area contributed by atoms with Crippen molar-refractivity contribution < 1.29 is 30.9 Å². The molecule has 0 aromatic heterocycles. The van der Waals surface area contributed by atoms with Gasteiger partial charge in [0.2, 0.25) is 0 Å². The Kier molecular flexibility index (Phi) is 7.51. The highest BCUT2D eigenvalue weighted by Gasteiger charge is 2.44. The summed E-state index contributed by atoms with van der Waals surface area (Å²) in [6, 6.07) is 23.4. The van der Waals surface area contributed by atoms with Gasteiger partial charge in [-0.05, 0) is 41.2 Å². The summed E-state index contributed by atoms with van der Waals surface area (Å²) in [7, 11) is -5.84. The van der Waals surface area contributed by atoms with Crippen molar-refractivity contribution in [3.63, 3.8) is 0 Å². The van der Waals surface area contributed by atoms with Gasteiger partial charge in [0, 0.05) is 10.6 Å². The van der Waals surface area contributed by atoms with E-state index >= 15 is 0 Å². The molecule has 1 N–H and O–H groups in total. The molecule has 4 rings (SSSR count). The summed E-state index contributed by atoms with van der Waals surface area (Å²) in [5.74, 6) is 2.27. The van der Waals surface area contributed by atoms with E-state index in [0.717, 1.165) is 5.75 Å². The molecule has 4 nitrogen and oxygen atoms in total. The van der Waals surface area contributed by atoms with Crippen LogP contribution in [-0.2, 0) is 16.7 Å². The maximum Gasteiger partial charge on any atom is 0.522 e. The van der Waals surface area contributed by atoms with E-state index in [-0.39, 0.29) is 0 Å². The second-order valence-electron chi connectivity index (χ2n) is 6.90. The van der Waals surface area contributed by atoms with Gasteiger partial charge in [-0.2, -0.15) is 33.4 Å². The zero-order valence-corrected chi connectivity index (χ0v) is 18.0. The average Bonchev–Trinajstić information content (AvgIpc) is 3.26. The smallest absolute Gasteiger partial charge is 0.488 e. The van der Waals surface area contributed by atoms with E-state index in [0.29, 0.717) is 11.9 Å². The molecule has 1 unspecified atom stereocenters. The minimum atomic E-state index is -5.84. The van der Waals surface area contributed by atoms with Crippen LogP contribution < -0.4 is 4.74 Å². The minimum absolute atomic E-state index is 0.613. The van der Waals surface area contributed by atoms with Gasteiger partial charge in [-0.1, -0.05) is 60.7 Å². The van der Waals surface area contributed by atoms with Crippen LogP contribution in [0.25, 0.3) is 10.8 Å². The van der Waals surface area contributed by atoms with Crippen LogP contribution in [0.5, 0.6) is 5.75 Å². The summed E-state index contributed by atoms with van der Waals surface area (Å²) in [5.41, 5.74) is -2.87. The highest BCUT2D eigenvalue weighted by Crippen LogP contribution is 2.44. The lowest BCUT2D eigenvalue weighted by Gasteiger charge is -2.16. The molecule has 0 radical (unpaired) electrons. The fourth-order valence-electron chi connectivity index (χ4n) is 3.26. The lowest BCUT2D eigenvalue weighted by Crippen LogP contribution is -2.21. The molecule has 0 spiro atoms. The van der Waals surface area contributed by atoms with Gasteiger partial charge in [-0.15, -0.1) is 0 Å². The number of rotatable bonds is 4. The summed E-state index contributed by atoms with van der Waals surface area (Å²) < 4.78 is 63.7. The average molecular weight is 471 g/mol. The lowest BCUT2D eigenvalue weighted by atomic mass is 9.99. The summed E-state index contributed by atoms with van der Waals surface area (Å²) in [6.45, 7) is 0.613. The first-order chi connectivity index (χ1) is 14.7. The van der Waals surface area contributed by atoms with Crippen molar-refractivity contribution in [1.82, 2.24) is 0 Å². The van der Waals surface area contributed by atoms with Crippen LogP contribution >= 0.6 is 11.8 Å². The Balaban J connectivity index is 0.000000293. The van der Waals surface area contributed by atoms with Crippen LogP contribution in [0, 0.1) is 0 Å². The van der Waals surface area contributed by atoms with Crippen LogP contribution in [0.1, 0.15) is 29.2 Å². The molecule has 0 aliphatic carbocycles. The predicted molar refractivity (Wildman–Crippen MR) is 117 cm³/mol. The standard InChI is InChI=1S/C21H20OS.CHF3O3S/c1-2-7-16(8-3-1)15-22-20-13-12-19(21-11-6-14-23-21)17-9-4-5-10-18(17)20;2-1(3,4)8(5,6)7/h1-5,7-10,12-13,21H,6,11,14-15H2;(H,5,6,7). The molecule has 1 aliphatic heterocycles. The molecule has 1 aliphatic rings. The van der Waals surface area contributed by atoms with Gasteiger partial charge in [0.15, 0.2) is 0 Å². The van der Waals surface area contributed by atoms with Crippen LogP contribution in [0.2, 0.25) is 0 Å². The molecule has 0 amide bonds. The normalized spacial score (nSPS) is 16.6. The Morgan fingerprint density at radius 1 is 0.968 bits per heavy atom. The first-order valence-corrected chi connectivity index (χ1v) is 12.0. The van der Waals surface area contributed by atoms with Gasteiger partial charge in [-0.25, -0.2) is 0 Å². The summed E-state index contributed by atoms with van der Waals surface area (Å²) in [4.78, 5) is 0. The van der Waals surface area contributed by atoms with Crippen molar-refractivity contribution in [1.29, 1.82) is 0 Å². The molecular formula is C22H21F3O4S2. The largest absolute Gasteiger partial charge is 0.522 e. The van der Waals surface area contributed by atoms with Gasteiger partial charge in [0.1, 0.15) is 12.4 Å². The van der Waals surface area contributed by atoms with Gasteiger partial charge in [-0.3, -0.25) is 4.55 Å². The quantitative estimate of drug-likeness (QED) is 0.354. The summed E-state index contributed by atoms with van der Waals surface area (Å²) in [6.07, 6.45) is 2.62. The van der Waals surface area contributed by atoms with Gasteiger partial charge in [0.25, 0.3) is 0 Å². The third-order valence-corrected chi connectivity index (χ3v) is 6.73. The second-order valence-corrected chi connectivity index (χ2v) is 9.62. The third-order valence-electron chi connectivity index (χ3n) is 4.72. The van der Waals surface area contributed by atoms with Crippen LogP contribution in [0.15, 0.2) is 66.7 Å². The Hall–Kier alpha value is -2.23. The van der Waals surface area contributed by atoms with E-state index in [4.69, 9.17) is 17.7 Å². The number of alkyl halides is 3. The Morgan fingerprint density at radius 2 is 1.58 bits per heavy atom. The molecule has 166 valence electrons. The number of hydrogen-bond acceptors (Lipinski definition) is 4. The minimum Gasteiger partial charge on any atom is -0.488 e. The molecular weight excluding hydrogens is 449 g/mol. The second kappa shape index (κ2) is 9.93. The number of fused-ring (bicyclic) bond motifs is 1. The topological polar surface area (TPSA) is 63.6 Å². The number of halogens is 3. The zero-order chi connectivity index (χ0) is 22.5. The Bertz CT molecular complexity index is 1110. The number of ether oxygens (including phenoxy) is 1. The number of hydrogen-bond donors (Lipinski definition) is 1. The monoisotopic (exact) mass is 470 g/mol. The molecule has 1 heterocycles. The molecule has 1 atom stereocenters. The maximum atomic E-state index is 10.7. The van der Waals surface area contributed by atoms with Crippen LogP contribution in [-0.4, -0.2) is 24.2 Å². The van der Waals surface area contributed by atoms with E-state index in [1.165, 1.54) is 40.5 Å². The van der Waals surface area contributed by atoms with Crippen LogP contribution in [0.4, 0.5) is 13.2 Å². The molecule has 1 saturated heterocycles. The van der Waals surface area contributed by atoms with E-state index in [2.05, 4.69) is 72.4 Å². The molecule has 1 fully saturated rings. The van der Waals surface area contributed by atoms with E-state index in [1.54, 1.807) is 0 Å². The Labute approximate surface area is 183 Å². The van der Waals surface area contributed by atoms with E-state index in [1.807, 2.05) is 6.07 Å².